The number of hydrogen-bond acceptors (Lipinski definition) is 3. The number of nitrogens with one attached hydrogen (secondary N) is 1. The average molecular weight is 301 g/mol. The molecule has 2 aromatic heterocycles. The zero-order chi connectivity index (χ0) is 15.5. The summed E-state index contributed by atoms with van der Waals surface area (Å²) in [6.07, 6.45) is 4.30. The Hall–Kier alpha value is -2.01. The summed E-state index contributed by atoms with van der Waals surface area (Å²) in [6, 6.07) is 7.82. The first kappa shape index (κ1) is 14.9. The number of nitrogens with zero attached hydrogens (tertiary/aromatic N) is 2. The number of aromatic nitrogens is 1. The molecule has 118 valence electrons. The number of likely N-dealkylation sites (tertiary alicyclic amines) is 1. The Balaban J connectivity index is 1.70. The molecule has 3 rings (SSSR count). The van der Waals surface area contributed by atoms with Gasteiger partial charge in [0.05, 0.1) is 6.04 Å². The molecule has 5 nitrogen and oxygen atoms in total. The Morgan fingerprint density at radius 3 is 2.68 bits per heavy atom. The van der Waals surface area contributed by atoms with Crippen molar-refractivity contribution in [1.29, 1.82) is 0 Å². The molecule has 0 aliphatic carbocycles. The molecule has 1 amide bonds. The summed E-state index contributed by atoms with van der Waals surface area (Å²) in [4.78, 5) is 14.7. The summed E-state index contributed by atoms with van der Waals surface area (Å²) in [7, 11) is 1.88. The third-order valence-corrected chi connectivity index (χ3v) is 4.30. The number of carbonyl (C=O) groups is 1. The Morgan fingerprint density at radius 1 is 1.32 bits per heavy atom. The van der Waals surface area contributed by atoms with E-state index in [0.717, 1.165) is 24.6 Å². The maximum absolute atomic E-state index is 12.3. The Morgan fingerprint density at radius 2 is 2.09 bits per heavy atom. The Kier molecular flexibility index (Phi) is 4.34. The van der Waals surface area contributed by atoms with Crippen LogP contribution in [-0.4, -0.2) is 35.0 Å². The van der Waals surface area contributed by atoms with Gasteiger partial charge in [-0.3, -0.25) is 9.69 Å². The van der Waals surface area contributed by atoms with Gasteiger partial charge in [-0.25, -0.2) is 0 Å². The quantitative estimate of drug-likeness (QED) is 0.923. The van der Waals surface area contributed by atoms with Crippen LogP contribution in [0.1, 0.15) is 40.9 Å². The largest absolute Gasteiger partial charge is 0.465 e. The first-order chi connectivity index (χ1) is 10.6. The van der Waals surface area contributed by atoms with Gasteiger partial charge in [0.1, 0.15) is 17.2 Å². The summed E-state index contributed by atoms with van der Waals surface area (Å²) in [5.41, 5.74) is 0.677. The van der Waals surface area contributed by atoms with E-state index in [1.54, 1.807) is 0 Å². The highest BCUT2D eigenvalue weighted by atomic mass is 16.3. The zero-order valence-electron chi connectivity index (χ0n) is 13.2. The highest BCUT2D eigenvalue weighted by Gasteiger charge is 2.26. The van der Waals surface area contributed by atoms with E-state index in [1.807, 2.05) is 49.0 Å². The summed E-state index contributed by atoms with van der Waals surface area (Å²) < 4.78 is 7.64. The summed E-state index contributed by atoms with van der Waals surface area (Å²) in [5.74, 6) is 1.81. The van der Waals surface area contributed by atoms with Gasteiger partial charge in [-0.2, -0.15) is 0 Å². The minimum absolute atomic E-state index is 0.0417. The molecular formula is C17H23N3O2. The lowest BCUT2D eigenvalue weighted by molar-refractivity contribution is 0.0925. The first-order valence-electron chi connectivity index (χ1n) is 7.85. The van der Waals surface area contributed by atoms with Crippen LogP contribution in [0.2, 0.25) is 0 Å². The van der Waals surface area contributed by atoms with Crippen molar-refractivity contribution in [2.24, 2.45) is 7.05 Å². The molecule has 0 unspecified atom stereocenters. The van der Waals surface area contributed by atoms with Gasteiger partial charge >= 0.3 is 0 Å². The highest BCUT2D eigenvalue weighted by Crippen LogP contribution is 2.26. The van der Waals surface area contributed by atoms with E-state index in [9.17, 15) is 4.79 Å². The molecular weight excluding hydrogens is 278 g/mol. The van der Waals surface area contributed by atoms with Crippen molar-refractivity contribution in [1.82, 2.24) is 14.8 Å². The molecule has 2 aromatic rings. The number of amides is 1. The third-order valence-electron chi connectivity index (χ3n) is 4.30. The van der Waals surface area contributed by atoms with Crippen LogP contribution in [0.15, 0.2) is 34.9 Å². The van der Waals surface area contributed by atoms with Crippen LogP contribution in [0.3, 0.4) is 0 Å². The number of aryl methyl sites for hydroxylation is 2. The Labute approximate surface area is 130 Å². The molecule has 1 N–H and O–H groups in total. The van der Waals surface area contributed by atoms with Crippen molar-refractivity contribution >= 4 is 5.91 Å². The van der Waals surface area contributed by atoms with Crippen molar-refractivity contribution in [3.63, 3.8) is 0 Å². The summed E-state index contributed by atoms with van der Waals surface area (Å²) in [6.45, 7) is 4.64. The van der Waals surface area contributed by atoms with Crippen LogP contribution in [0.25, 0.3) is 0 Å². The molecule has 0 spiro atoms. The van der Waals surface area contributed by atoms with E-state index in [-0.39, 0.29) is 11.9 Å². The maximum Gasteiger partial charge on any atom is 0.267 e. The summed E-state index contributed by atoms with van der Waals surface area (Å²) in [5, 5.41) is 3.05. The van der Waals surface area contributed by atoms with E-state index in [1.165, 1.54) is 12.8 Å². The van der Waals surface area contributed by atoms with Crippen molar-refractivity contribution < 1.29 is 9.21 Å². The van der Waals surface area contributed by atoms with Gasteiger partial charge in [0.2, 0.25) is 0 Å². The fourth-order valence-electron chi connectivity index (χ4n) is 3.07. The van der Waals surface area contributed by atoms with Gasteiger partial charge in [0, 0.05) is 19.8 Å². The van der Waals surface area contributed by atoms with Gasteiger partial charge in [0.25, 0.3) is 5.91 Å². The normalized spacial score (nSPS) is 16.8. The fourth-order valence-corrected chi connectivity index (χ4v) is 3.07. The molecule has 0 aromatic carbocycles. The molecule has 1 aliphatic rings. The number of hydrogen-bond donors (Lipinski definition) is 1. The van der Waals surface area contributed by atoms with Crippen LogP contribution in [0.4, 0.5) is 0 Å². The molecule has 22 heavy (non-hydrogen) atoms. The molecule has 0 saturated carbocycles. The van der Waals surface area contributed by atoms with Crippen LogP contribution in [-0.2, 0) is 7.05 Å². The van der Waals surface area contributed by atoms with Crippen LogP contribution in [0.5, 0.6) is 0 Å². The minimum Gasteiger partial charge on any atom is -0.465 e. The second-order valence-electron chi connectivity index (χ2n) is 5.92. The maximum atomic E-state index is 12.3. The van der Waals surface area contributed by atoms with Crippen molar-refractivity contribution in [2.45, 2.75) is 25.8 Å². The molecule has 3 heterocycles. The first-order valence-corrected chi connectivity index (χ1v) is 7.85. The topological polar surface area (TPSA) is 50.4 Å². The van der Waals surface area contributed by atoms with Crippen LogP contribution < -0.4 is 5.32 Å². The smallest absolute Gasteiger partial charge is 0.267 e. The number of carbonyl (C=O) groups excluding carboxylic acids is 1. The molecule has 1 fully saturated rings. The predicted molar refractivity (Wildman–Crippen MR) is 84.7 cm³/mol. The molecule has 1 aliphatic heterocycles. The lowest BCUT2D eigenvalue weighted by Gasteiger charge is -2.26. The van der Waals surface area contributed by atoms with Gasteiger partial charge < -0.3 is 14.3 Å². The third kappa shape index (κ3) is 3.09. The van der Waals surface area contributed by atoms with E-state index >= 15 is 0 Å². The lowest BCUT2D eigenvalue weighted by Crippen LogP contribution is -2.37. The number of rotatable bonds is 5. The minimum atomic E-state index is -0.0417. The zero-order valence-corrected chi connectivity index (χ0v) is 13.2. The van der Waals surface area contributed by atoms with Gasteiger partial charge in [0.15, 0.2) is 0 Å². The van der Waals surface area contributed by atoms with Crippen LogP contribution >= 0.6 is 0 Å². The SMILES string of the molecule is Cc1ccc([C@@H](CNC(=O)c2cccn2C)N2CCCC2)o1. The van der Waals surface area contributed by atoms with Crippen LogP contribution in [0, 0.1) is 6.92 Å². The number of furan rings is 1. The van der Waals surface area contributed by atoms with E-state index in [2.05, 4.69) is 10.2 Å². The van der Waals surface area contributed by atoms with Gasteiger partial charge in [-0.15, -0.1) is 0 Å². The fraction of sp³-hybridized carbons (Fsp3) is 0.471. The monoisotopic (exact) mass is 301 g/mol. The molecule has 0 radical (unpaired) electrons. The predicted octanol–water partition coefficient (Wildman–Crippen LogP) is 2.49. The van der Waals surface area contributed by atoms with Gasteiger partial charge in [-0.1, -0.05) is 0 Å². The standard InChI is InChI=1S/C17H23N3O2/c1-13-7-8-16(22-13)15(20-10-3-4-11-20)12-18-17(21)14-6-5-9-19(14)2/h5-9,15H,3-4,10-12H2,1-2H3,(H,18,21)/t15-/m1/s1. The summed E-state index contributed by atoms with van der Waals surface area (Å²) >= 11 is 0. The molecule has 0 bridgehead atoms. The second kappa shape index (κ2) is 6.40. The van der Waals surface area contributed by atoms with E-state index < -0.39 is 0 Å². The molecule has 5 heteroatoms. The second-order valence-corrected chi connectivity index (χ2v) is 5.92. The van der Waals surface area contributed by atoms with Crippen molar-refractivity contribution in [2.75, 3.05) is 19.6 Å². The molecule has 1 saturated heterocycles. The Bertz CT molecular complexity index is 638. The van der Waals surface area contributed by atoms with Crippen molar-refractivity contribution in [3.8, 4) is 0 Å². The average Bonchev–Trinajstić information content (AvgIpc) is 3.21. The lowest BCUT2D eigenvalue weighted by atomic mass is 10.2. The van der Waals surface area contributed by atoms with E-state index in [0.29, 0.717) is 12.2 Å². The highest BCUT2D eigenvalue weighted by molar-refractivity contribution is 5.92. The van der Waals surface area contributed by atoms with E-state index in [4.69, 9.17) is 4.42 Å². The van der Waals surface area contributed by atoms with Crippen molar-refractivity contribution in [3.05, 3.63) is 47.7 Å². The molecule has 1 atom stereocenters. The van der Waals surface area contributed by atoms with Gasteiger partial charge in [-0.05, 0) is 57.1 Å².